The van der Waals surface area contributed by atoms with E-state index in [2.05, 4.69) is 34.9 Å². The van der Waals surface area contributed by atoms with E-state index in [1.165, 1.54) is 0 Å². The lowest BCUT2D eigenvalue weighted by Crippen LogP contribution is -2.48. The first-order chi connectivity index (χ1) is 16.2. The Balaban J connectivity index is 1.58. The highest BCUT2D eigenvalue weighted by atomic mass is 16.5. The fourth-order valence-electron chi connectivity index (χ4n) is 4.45. The molecule has 34 heavy (non-hydrogen) atoms. The van der Waals surface area contributed by atoms with Crippen LogP contribution in [-0.4, -0.2) is 42.3 Å². The van der Waals surface area contributed by atoms with E-state index in [4.69, 9.17) is 4.74 Å². The van der Waals surface area contributed by atoms with Crippen molar-refractivity contribution in [1.82, 2.24) is 10.6 Å². The van der Waals surface area contributed by atoms with Crippen molar-refractivity contribution in [3.8, 4) is 11.1 Å². The van der Waals surface area contributed by atoms with Crippen LogP contribution < -0.4 is 10.6 Å². The third-order valence-corrected chi connectivity index (χ3v) is 6.27. The molecule has 2 aromatic carbocycles. The Labute approximate surface area is 200 Å². The summed E-state index contributed by atoms with van der Waals surface area (Å²) in [5, 5.41) is 14.7. The standard InChI is InChI=1S/C27H34N2O5/c1-16(2)13-24(26(31)32)29-25(30)22(17(3)4)14-28-27(33)34-15-23-20-11-7-5-9-18(20)19-10-6-8-12-21(19)23/h5-12,16-17,22-24H,13-15H2,1-4H3,(H,28,33)(H,29,30)(H,31,32). The molecule has 0 bridgehead atoms. The van der Waals surface area contributed by atoms with Crippen molar-refractivity contribution < 1.29 is 24.2 Å². The van der Waals surface area contributed by atoms with E-state index in [-0.39, 0.29) is 36.8 Å². The molecule has 2 unspecified atom stereocenters. The summed E-state index contributed by atoms with van der Waals surface area (Å²) in [6, 6.07) is 15.3. The molecule has 0 heterocycles. The highest BCUT2D eigenvalue weighted by Crippen LogP contribution is 2.44. The van der Waals surface area contributed by atoms with E-state index < -0.39 is 24.0 Å². The Morgan fingerprint density at radius 3 is 2.00 bits per heavy atom. The molecule has 0 aromatic heterocycles. The molecule has 0 radical (unpaired) electrons. The number of carboxylic acids is 1. The number of carboxylic acid groups (broad SMARTS) is 1. The van der Waals surface area contributed by atoms with Gasteiger partial charge in [0.25, 0.3) is 0 Å². The molecular weight excluding hydrogens is 432 g/mol. The third kappa shape index (κ3) is 5.95. The molecule has 3 rings (SSSR count). The van der Waals surface area contributed by atoms with E-state index in [0.29, 0.717) is 6.42 Å². The van der Waals surface area contributed by atoms with Crippen LogP contribution in [0.3, 0.4) is 0 Å². The predicted octanol–water partition coefficient (Wildman–Crippen LogP) is 4.41. The van der Waals surface area contributed by atoms with Crippen molar-refractivity contribution in [3.63, 3.8) is 0 Å². The van der Waals surface area contributed by atoms with Gasteiger partial charge in [-0.15, -0.1) is 0 Å². The van der Waals surface area contributed by atoms with Crippen LogP contribution in [0.2, 0.25) is 0 Å². The van der Waals surface area contributed by atoms with Crippen LogP contribution in [0, 0.1) is 17.8 Å². The summed E-state index contributed by atoms with van der Waals surface area (Å²) in [6.07, 6.45) is -0.261. The topological polar surface area (TPSA) is 105 Å². The molecule has 7 heteroatoms. The van der Waals surface area contributed by atoms with Gasteiger partial charge >= 0.3 is 12.1 Å². The fourth-order valence-corrected chi connectivity index (χ4v) is 4.45. The van der Waals surface area contributed by atoms with Crippen LogP contribution in [-0.2, 0) is 14.3 Å². The highest BCUT2D eigenvalue weighted by Gasteiger charge is 2.30. The minimum absolute atomic E-state index is 0.0466. The maximum absolute atomic E-state index is 12.8. The van der Waals surface area contributed by atoms with E-state index in [0.717, 1.165) is 22.3 Å². The molecule has 2 amide bonds. The molecule has 0 saturated carbocycles. The SMILES string of the molecule is CC(C)CC(NC(=O)C(CNC(=O)OCC1c2ccccc2-c2ccccc21)C(C)C)C(=O)O. The Bertz CT molecular complexity index is 988. The Morgan fingerprint density at radius 1 is 0.941 bits per heavy atom. The van der Waals surface area contributed by atoms with Crippen molar-refractivity contribution in [2.75, 3.05) is 13.2 Å². The van der Waals surface area contributed by atoms with Gasteiger partial charge in [-0.05, 0) is 40.5 Å². The summed E-state index contributed by atoms with van der Waals surface area (Å²) in [5.74, 6) is -2.04. The van der Waals surface area contributed by atoms with Gasteiger partial charge in [0.1, 0.15) is 12.6 Å². The summed E-state index contributed by atoms with van der Waals surface area (Å²) in [6.45, 7) is 7.78. The van der Waals surface area contributed by atoms with Crippen LogP contribution in [0.15, 0.2) is 48.5 Å². The lowest BCUT2D eigenvalue weighted by Gasteiger charge is -2.24. The molecule has 2 atom stereocenters. The zero-order valence-electron chi connectivity index (χ0n) is 20.2. The minimum Gasteiger partial charge on any atom is -0.480 e. The molecule has 1 aliphatic rings. The van der Waals surface area contributed by atoms with Gasteiger partial charge < -0.3 is 20.5 Å². The van der Waals surface area contributed by atoms with Crippen LogP contribution in [0.25, 0.3) is 11.1 Å². The van der Waals surface area contributed by atoms with Gasteiger partial charge in [-0.25, -0.2) is 9.59 Å². The summed E-state index contributed by atoms with van der Waals surface area (Å²) < 4.78 is 5.55. The lowest BCUT2D eigenvalue weighted by molar-refractivity contribution is -0.143. The molecule has 2 aromatic rings. The van der Waals surface area contributed by atoms with E-state index >= 15 is 0 Å². The molecular formula is C27H34N2O5. The molecule has 0 aliphatic heterocycles. The number of alkyl carbamates (subject to hydrolysis) is 1. The average molecular weight is 467 g/mol. The number of carbonyl (C=O) groups excluding carboxylic acids is 2. The second-order valence-corrected chi connectivity index (χ2v) is 9.59. The van der Waals surface area contributed by atoms with Gasteiger partial charge in [0.05, 0.1) is 5.92 Å². The minimum atomic E-state index is -1.06. The normalized spacial score (nSPS) is 14.3. The van der Waals surface area contributed by atoms with E-state index in [1.807, 2.05) is 52.0 Å². The zero-order chi connectivity index (χ0) is 24.8. The van der Waals surface area contributed by atoms with Gasteiger partial charge in [-0.3, -0.25) is 4.79 Å². The van der Waals surface area contributed by atoms with Crippen molar-refractivity contribution in [2.45, 2.75) is 46.1 Å². The lowest BCUT2D eigenvalue weighted by atomic mass is 9.94. The number of carbonyl (C=O) groups is 3. The first-order valence-electron chi connectivity index (χ1n) is 11.8. The van der Waals surface area contributed by atoms with Crippen molar-refractivity contribution in [3.05, 3.63) is 59.7 Å². The second-order valence-electron chi connectivity index (χ2n) is 9.59. The number of amides is 2. The first-order valence-corrected chi connectivity index (χ1v) is 11.8. The van der Waals surface area contributed by atoms with Crippen LogP contribution in [0.4, 0.5) is 4.79 Å². The number of ether oxygens (including phenoxy) is 1. The number of hydrogen-bond acceptors (Lipinski definition) is 4. The zero-order valence-corrected chi connectivity index (χ0v) is 20.2. The number of fused-ring (bicyclic) bond motifs is 3. The molecule has 0 saturated heterocycles. The number of hydrogen-bond donors (Lipinski definition) is 3. The molecule has 182 valence electrons. The predicted molar refractivity (Wildman–Crippen MR) is 130 cm³/mol. The largest absolute Gasteiger partial charge is 0.480 e. The number of rotatable bonds is 10. The maximum atomic E-state index is 12.8. The van der Waals surface area contributed by atoms with Gasteiger partial charge in [0, 0.05) is 12.5 Å². The molecule has 0 spiro atoms. The third-order valence-electron chi connectivity index (χ3n) is 6.27. The molecule has 3 N–H and O–H groups in total. The Hall–Kier alpha value is -3.35. The quantitative estimate of drug-likeness (QED) is 0.481. The van der Waals surface area contributed by atoms with E-state index in [9.17, 15) is 19.5 Å². The molecule has 7 nitrogen and oxygen atoms in total. The van der Waals surface area contributed by atoms with Crippen molar-refractivity contribution >= 4 is 18.0 Å². The monoisotopic (exact) mass is 466 g/mol. The second kappa shape index (κ2) is 11.2. The van der Waals surface area contributed by atoms with Crippen LogP contribution in [0.1, 0.15) is 51.2 Å². The summed E-state index contributed by atoms with van der Waals surface area (Å²) in [7, 11) is 0. The number of nitrogens with one attached hydrogen (secondary N) is 2. The van der Waals surface area contributed by atoms with Crippen LogP contribution >= 0.6 is 0 Å². The van der Waals surface area contributed by atoms with Crippen LogP contribution in [0.5, 0.6) is 0 Å². The number of aliphatic carboxylic acids is 1. The fraction of sp³-hybridized carbons (Fsp3) is 0.444. The van der Waals surface area contributed by atoms with Gasteiger partial charge in [0.2, 0.25) is 5.91 Å². The first kappa shape index (κ1) is 25.3. The van der Waals surface area contributed by atoms with Gasteiger partial charge in [-0.2, -0.15) is 0 Å². The van der Waals surface area contributed by atoms with Crippen molar-refractivity contribution in [2.24, 2.45) is 17.8 Å². The summed E-state index contributed by atoms with van der Waals surface area (Å²) in [4.78, 5) is 36.8. The van der Waals surface area contributed by atoms with E-state index in [1.54, 1.807) is 0 Å². The highest BCUT2D eigenvalue weighted by molar-refractivity contribution is 5.85. The molecule has 0 fully saturated rings. The van der Waals surface area contributed by atoms with Gasteiger partial charge in [-0.1, -0.05) is 76.2 Å². The average Bonchev–Trinajstić information content (AvgIpc) is 3.10. The molecule has 1 aliphatic carbocycles. The Kier molecular flexibility index (Phi) is 8.31. The number of benzene rings is 2. The summed E-state index contributed by atoms with van der Waals surface area (Å²) >= 11 is 0. The smallest absolute Gasteiger partial charge is 0.407 e. The van der Waals surface area contributed by atoms with Gasteiger partial charge in [0.15, 0.2) is 0 Å². The Morgan fingerprint density at radius 2 is 1.50 bits per heavy atom. The summed E-state index contributed by atoms with van der Waals surface area (Å²) in [5.41, 5.74) is 4.55. The maximum Gasteiger partial charge on any atom is 0.407 e. The van der Waals surface area contributed by atoms with Crippen molar-refractivity contribution in [1.29, 1.82) is 0 Å².